The number of rotatable bonds is 13. The van der Waals surface area contributed by atoms with E-state index in [1.807, 2.05) is 54.5 Å². The van der Waals surface area contributed by atoms with Gasteiger partial charge in [0.1, 0.15) is 11.6 Å². The highest BCUT2D eigenvalue weighted by Gasteiger charge is 2.17. The number of aryl methyl sites for hydroxylation is 1. The van der Waals surface area contributed by atoms with Crippen LogP contribution in [0, 0.1) is 0 Å². The van der Waals surface area contributed by atoms with Crippen molar-refractivity contribution in [3.8, 4) is 0 Å². The van der Waals surface area contributed by atoms with Crippen molar-refractivity contribution in [2.45, 2.75) is 70.6 Å². The van der Waals surface area contributed by atoms with E-state index in [1.54, 1.807) is 6.20 Å². The first-order valence-electron chi connectivity index (χ1n) is 13.3. The lowest BCUT2D eigenvalue weighted by Gasteiger charge is -2.31. The number of carbonyl (C=O) groups is 1. The molecule has 1 fully saturated rings. The first kappa shape index (κ1) is 26.1. The molecule has 1 aliphatic carbocycles. The molecular formula is C28H41N7O. The SMILES string of the molecule is CN(CCCCNC(=O)c1ccc(CN(Cc2ncc[nH]2)Cc2nccn2C)cc1)C1CCCCC1. The van der Waals surface area contributed by atoms with E-state index in [0.29, 0.717) is 18.7 Å². The predicted octanol–water partition coefficient (Wildman–Crippen LogP) is 4.12. The molecule has 1 amide bonds. The first-order chi connectivity index (χ1) is 17.6. The number of carbonyl (C=O) groups excluding carboxylic acids is 1. The average molecular weight is 492 g/mol. The topological polar surface area (TPSA) is 82.1 Å². The van der Waals surface area contributed by atoms with Gasteiger partial charge in [-0.25, -0.2) is 9.97 Å². The van der Waals surface area contributed by atoms with Crippen LogP contribution in [0.1, 0.15) is 72.5 Å². The molecule has 0 saturated heterocycles. The number of benzene rings is 1. The zero-order chi connectivity index (χ0) is 25.2. The van der Waals surface area contributed by atoms with Crippen LogP contribution in [0.3, 0.4) is 0 Å². The van der Waals surface area contributed by atoms with Gasteiger partial charge in [0.15, 0.2) is 0 Å². The van der Waals surface area contributed by atoms with Crippen LogP contribution < -0.4 is 5.32 Å². The molecule has 0 spiro atoms. The summed E-state index contributed by atoms with van der Waals surface area (Å²) in [5.74, 6) is 1.93. The van der Waals surface area contributed by atoms with E-state index < -0.39 is 0 Å². The molecule has 0 aliphatic heterocycles. The molecule has 8 heteroatoms. The molecule has 0 atom stereocenters. The quantitative estimate of drug-likeness (QED) is 0.352. The minimum absolute atomic E-state index is 0.00244. The van der Waals surface area contributed by atoms with Crippen molar-refractivity contribution >= 4 is 5.91 Å². The Morgan fingerprint density at radius 1 is 1.06 bits per heavy atom. The minimum Gasteiger partial charge on any atom is -0.352 e. The molecule has 8 nitrogen and oxygen atoms in total. The second-order valence-electron chi connectivity index (χ2n) is 10.1. The second-order valence-corrected chi connectivity index (χ2v) is 10.1. The summed E-state index contributed by atoms with van der Waals surface area (Å²) in [6, 6.07) is 8.69. The summed E-state index contributed by atoms with van der Waals surface area (Å²) in [6.45, 7) is 3.98. The van der Waals surface area contributed by atoms with Gasteiger partial charge >= 0.3 is 0 Å². The molecule has 36 heavy (non-hydrogen) atoms. The Hall–Kier alpha value is -2.97. The van der Waals surface area contributed by atoms with E-state index in [9.17, 15) is 4.79 Å². The predicted molar refractivity (Wildman–Crippen MR) is 142 cm³/mol. The zero-order valence-corrected chi connectivity index (χ0v) is 21.8. The van der Waals surface area contributed by atoms with Gasteiger partial charge in [-0.3, -0.25) is 9.69 Å². The van der Waals surface area contributed by atoms with Crippen LogP contribution in [-0.4, -0.2) is 61.4 Å². The molecule has 4 rings (SSSR count). The van der Waals surface area contributed by atoms with Crippen molar-refractivity contribution in [2.24, 2.45) is 7.05 Å². The zero-order valence-electron chi connectivity index (χ0n) is 21.8. The lowest BCUT2D eigenvalue weighted by atomic mass is 9.94. The van der Waals surface area contributed by atoms with E-state index >= 15 is 0 Å². The number of unbranched alkanes of at least 4 members (excludes halogenated alkanes) is 1. The van der Waals surface area contributed by atoms with Crippen LogP contribution in [0.4, 0.5) is 0 Å². The van der Waals surface area contributed by atoms with Crippen LogP contribution >= 0.6 is 0 Å². The highest BCUT2D eigenvalue weighted by atomic mass is 16.1. The molecule has 0 radical (unpaired) electrons. The molecule has 0 unspecified atom stereocenters. The van der Waals surface area contributed by atoms with Crippen molar-refractivity contribution in [1.29, 1.82) is 0 Å². The van der Waals surface area contributed by atoms with Gasteiger partial charge in [0, 0.05) is 56.5 Å². The Balaban J connectivity index is 1.22. The van der Waals surface area contributed by atoms with Crippen LogP contribution in [0.15, 0.2) is 49.1 Å². The third-order valence-corrected chi connectivity index (χ3v) is 7.26. The molecule has 0 bridgehead atoms. The highest BCUT2D eigenvalue weighted by molar-refractivity contribution is 5.94. The molecule has 3 aromatic rings. The third-order valence-electron chi connectivity index (χ3n) is 7.26. The van der Waals surface area contributed by atoms with Crippen LogP contribution in [0.25, 0.3) is 0 Å². The number of aromatic amines is 1. The first-order valence-corrected chi connectivity index (χ1v) is 13.3. The normalized spacial score (nSPS) is 14.6. The fourth-order valence-electron chi connectivity index (χ4n) is 5.03. The van der Waals surface area contributed by atoms with Crippen molar-refractivity contribution in [2.75, 3.05) is 20.1 Å². The summed E-state index contributed by atoms with van der Waals surface area (Å²) in [5.41, 5.74) is 1.86. The van der Waals surface area contributed by atoms with E-state index in [4.69, 9.17) is 0 Å². The molecule has 2 heterocycles. The number of aromatic nitrogens is 4. The Labute approximate surface area is 215 Å². The number of nitrogens with zero attached hydrogens (tertiary/aromatic N) is 5. The number of nitrogens with one attached hydrogen (secondary N) is 2. The maximum absolute atomic E-state index is 12.6. The van der Waals surface area contributed by atoms with Gasteiger partial charge in [-0.2, -0.15) is 0 Å². The van der Waals surface area contributed by atoms with E-state index in [1.165, 1.54) is 32.1 Å². The number of H-pyrrole nitrogens is 1. The molecular weight excluding hydrogens is 450 g/mol. The largest absolute Gasteiger partial charge is 0.352 e. The van der Waals surface area contributed by atoms with Gasteiger partial charge in [0.2, 0.25) is 0 Å². The van der Waals surface area contributed by atoms with Crippen molar-refractivity contribution in [1.82, 2.24) is 34.6 Å². The maximum atomic E-state index is 12.6. The van der Waals surface area contributed by atoms with Crippen LogP contribution in [-0.2, 0) is 26.7 Å². The second kappa shape index (κ2) is 13.4. The molecule has 1 saturated carbocycles. The lowest BCUT2D eigenvalue weighted by Crippen LogP contribution is -2.34. The minimum atomic E-state index is 0.00244. The number of amides is 1. The van der Waals surface area contributed by atoms with Crippen molar-refractivity contribution in [3.63, 3.8) is 0 Å². The van der Waals surface area contributed by atoms with Gasteiger partial charge in [-0.1, -0.05) is 31.4 Å². The van der Waals surface area contributed by atoms with Crippen molar-refractivity contribution in [3.05, 3.63) is 71.8 Å². The summed E-state index contributed by atoms with van der Waals surface area (Å²) in [5, 5.41) is 3.09. The molecule has 1 aliphatic rings. The average Bonchev–Trinajstić information content (AvgIpc) is 3.56. The maximum Gasteiger partial charge on any atom is 0.251 e. The Morgan fingerprint density at radius 2 is 1.86 bits per heavy atom. The molecule has 2 aromatic heterocycles. The van der Waals surface area contributed by atoms with E-state index in [2.05, 4.69) is 37.1 Å². The molecule has 2 N–H and O–H groups in total. The summed E-state index contributed by atoms with van der Waals surface area (Å²) in [7, 11) is 4.26. The van der Waals surface area contributed by atoms with Gasteiger partial charge in [0.25, 0.3) is 5.91 Å². The summed E-state index contributed by atoms with van der Waals surface area (Å²) in [4.78, 5) is 29.5. The van der Waals surface area contributed by atoms with E-state index in [-0.39, 0.29) is 5.91 Å². The van der Waals surface area contributed by atoms with Gasteiger partial charge in [-0.05, 0) is 57.0 Å². The van der Waals surface area contributed by atoms with Gasteiger partial charge in [-0.15, -0.1) is 0 Å². The monoisotopic (exact) mass is 491 g/mol. The van der Waals surface area contributed by atoms with Crippen molar-refractivity contribution < 1.29 is 4.79 Å². The van der Waals surface area contributed by atoms with Gasteiger partial charge < -0.3 is 19.8 Å². The van der Waals surface area contributed by atoms with Crippen LogP contribution in [0.5, 0.6) is 0 Å². The summed E-state index contributed by atoms with van der Waals surface area (Å²) in [6.07, 6.45) is 16.3. The number of hydrogen-bond donors (Lipinski definition) is 2. The number of hydrogen-bond acceptors (Lipinski definition) is 5. The lowest BCUT2D eigenvalue weighted by molar-refractivity contribution is 0.0952. The van der Waals surface area contributed by atoms with Gasteiger partial charge in [0.05, 0.1) is 13.1 Å². The molecule has 194 valence electrons. The summed E-state index contributed by atoms with van der Waals surface area (Å²) >= 11 is 0. The fraction of sp³-hybridized carbons (Fsp3) is 0.536. The van der Waals surface area contributed by atoms with Crippen LogP contribution in [0.2, 0.25) is 0 Å². The highest BCUT2D eigenvalue weighted by Crippen LogP contribution is 2.21. The fourth-order valence-corrected chi connectivity index (χ4v) is 5.03. The molecule has 1 aromatic carbocycles. The smallest absolute Gasteiger partial charge is 0.251 e. The Morgan fingerprint density at radius 3 is 2.56 bits per heavy atom. The standard InChI is InChI=1S/C28H41N7O/c1-33(25-8-4-3-5-9-25)18-7-6-14-32-28(36)24-12-10-23(11-13-24)20-35(21-26-29-15-16-30-26)22-27-31-17-19-34(27)2/h10-13,15-17,19,25H,3-9,14,18,20-22H2,1-2H3,(H,29,30)(H,32,36). The van der Waals surface area contributed by atoms with E-state index in [0.717, 1.165) is 55.7 Å². The Bertz CT molecular complexity index is 1040. The number of imidazole rings is 2. The third kappa shape index (κ3) is 7.77. The summed E-state index contributed by atoms with van der Waals surface area (Å²) < 4.78 is 2.04. The Kier molecular flexibility index (Phi) is 9.69.